The molecule has 6 nitrogen and oxygen atoms in total. The number of unbranched alkanes of at least 4 members (excludes halogenated alkanes) is 2. The van der Waals surface area contributed by atoms with Crippen molar-refractivity contribution in [2.45, 2.75) is 39.0 Å². The van der Waals surface area contributed by atoms with Crippen molar-refractivity contribution in [2.75, 3.05) is 32.7 Å². The summed E-state index contributed by atoms with van der Waals surface area (Å²) in [4.78, 5) is 24.3. The number of likely N-dealkylation sites (tertiary alicyclic amines) is 1. The predicted octanol–water partition coefficient (Wildman–Crippen LogP) is 1.27. The third-order valence-corrected chi connectivity index (χ3v) is 3.72. The van der Waals surface area contributed by atoms with Gasteiger partial charge in [-0.15, -0.1) is 0 Å². The molecule has 1 saturated heterocycles. The van der Waals surface area contributed by atoms with Crippen LogP contribution in [-0.2, 0) is 4.79 Å². The number of carbonyl (C=O) groups excluding carboxylic acids is 1. The van der Waals surface area contributed by atoms with Crippen molar-refractivity contribution in [1.82, 2.24) is 15.5 Å². The minimum absolute atomic E-state index is 0.113. The van der Waals surface area contributed by atoms with Crippen LogP contribution in [0, 0.1) is 5.92 Å². The number of rotatable bonds is 9. The number of urea groups is 1. The van der Waals surface area contributed by atoms with E-state index < -0.39 is 5.97 Å². The number of carboxylic acid groups (broad SMARTS) is 1. The Labute approximate surface area is 120 Å². The number of hydrogen-bond donors (Lipinski definition) is 3. The van der Waals surface area contributed by atoms with E-state index in [1.165, 1.54) is 0 Å². The Hall–Kier alpha value is -1.30. The highest BCUT2D eigenvalue weighted by Gasteiger charge is 2.21. The van der Waals surface area contributed by atoms with E-state index in [-0.39, 0.29) is 12.5 Å². The van der Waals surface area contributed by atoms with Crippen LogP contribution in [0.25, 0.3) is 0 Å². The molecule has 1 heterocycles. The summed E-state index contributed by atoms with van der Waals surface area (Å²) < 4.78 is 0. The number of hydrogen-bond acceptors (Lipinski definition) is 3. The summed E-state index contributed by atoms with van der Waals surface area (Å²) in [5.41, 5.74) is 0. The summed E-state index contributed by atoms with van der Waals surface area (Å²) in [5.74, 6) is -0.190. The average Bonchev–Trinajstić information content (AvgIpc) is 2.88. The van der Waals surface area contributed by atoms with Crippen LogP contribution >= 0.6 is 0 Å². The molecule has 0 aliphatic carbocycles. The Morgan fingerprint density at radius 2 is 2.05 bits per heavy atom. The van der Waals surface area contributed by atoms with E-state index in [2.05, 4.69) is 22.5 Å². The molecule has 0 aromatic carbocycles. The third kappa shape index (κ3) is 7.33. The van der Waals surface area contributed by atoms with E-state index in [0.717, 1.165) is 45.4 Å². The van der Waals surface area contributed by atoms with Crippen molar-refractivity contribution in [2.24, 2.45) is 5.92 Å². The molecule has 1 fully saturated rings. The molecule has 0 radical (unpaired) electrons. The minimum atomic E-state index is -0.756. The summed E-state index contributed by atoms with van der Waals surface area (Å²) >= 11 is 0. The molecule has 1 rings (SSSR count). The van der Waals surface area contributed by atoms with Gasteiger partial charge in [-0.05, 0) is 38.3 Å². The van der Waals surface area contributed by atoms with Gasteiger partial charge in [0, 0.05) is 26.1 Å². The lowest BCUT2D eigenvalue weighted by Gasteiger charge is -2.14. The van der Waals surface area contributed by atoms with Crippen LogP contribution in [0.15, 0.2) is 0 Å². The number of nitrogens with zero attached hydrogens (tertiary/aromatic N) is 1. The first-order chi connectivity index (χ1) is 9.61. The maximum absolute atomic E-state index is 11.6. The normalized spacial score (nSPS) is 18.9. The lowest BCUT2D eigenvalue weighted by Crippen LogP contribution is -2.39. The fourth-order valence-corrected chi connectivity index (χ4v) is 2.45. The van der Waals surface area contributed by atoms with Crippen LogP contribution in [0.5, 0.6) is 0 Å². The summed E-state index contributed by atoms with van der Waals surface area (Å²) in [6.45, 7) is 6.80. The zero-order valence-electron chi connectivity index (χ0n) is 12.4. The van der Waals surface area contributed by atoms with Crippen molar-refractivity contribution < 1.29 is 14.7 Å². The second kappa shape index (κ2) is 9.58. The van der Waals surface area contributed by atoms with Gasteiger partial charge in [0.15, 0.2) is 0 Å². The standard InChI is InChI=1S/C14H27N3O3/c1-2-17-9-7-12(11-17)10-16-14(20)15-8-5-3-4-6-13(18)19/h12H,2-11H2,1H3,(H,18,19)(H2,15,16,20). The fraction of sp³-hybridized carbons (Fsp3) is 0.857. The van der Waals surface area contributed by atoms with Gasteiger partial charge in [0.25, 0.3) is 0 Å². The van der Waals surface area contributed by atoms with E-state index in [1.807, 2.05) is 0 Å². The van der Waals surface area contributed by atoms with Crippen molar-refractivity contribution in [3.63, 3.8) is 0 Å². The van der Waals surface area contributed by atoms with E-state index in [9.17, 15) is 9.59 Å². The Morgan fingerprint density at radius 1 is 1.25 bits per heavy atom. The maximum atomic E-state index is 11.6. The number of carbonyl (C=O) groups is 2. The van der Waals surface area contributed by atoms with Crippen LogP contribution in [0.4, 0.5) is 4.79 Å². The molecule has 0 aromatic heterocycles. The van der Waals surface area contributed by atoms with Crippen molar-refractivity contribution in [3.8, 4) is 0 Å². The van der Waals surface area contributed by atoms with Crippen LogP contribution in [0.2, 0.25) is 0 Å². The molecule has 1 atom stereocenters. The Kier molecular flexibility index (Phi) is 8.02. The van der Waals surface area contributed by atoms with E-state index >= 15 is 0 Å². The first-order valence-corrected chi connectivity index (χ1v) is 7.57. The maximum Gasteiger partial charge on any atom is 0.314 e. The van der Waals surface area contributed by atoms with Gasteiger partial charge >= 0.3 is 12.0 Å². The number of amides is 2. The zero-order valence-corrected chi connectivity index (χ0v) is 12.4. The third-order valence-electron chi connectivity index (χ3n) is 3.72. The molecule has 116 valence electrons. The van der Waals surface area contributed by atoms with Gasteiger partial charge in [-0.1, -0.05) is 13.3 Å². The van der Waals surface area contributed by atoms with E-state index in [0.29, 0.717) is 18.9 Å². The highest BCUT2D eigenvalue weighted by molar-refractivity contribution is 5.73. The summed E-state index contributed by atoms with van der Waals surface area (Å²) in [6, 6.07) is -0.113. The van der Waals surface area contributed by atoms with E-state index in [4.69, 9.17) is 5.11 Å². The Morgan fingerprint density at radius 3 is 2.70 bits per heavy atom. The summed E-state index contributed by atoms with van der Waals surface area (Å²) in [5, 5.41) is 14.2. The van der Waals surface area contributed by atoms with Gasteiger partial charge in [0.1, 0.15) is 0 Å². The smallest absolute Gasteiger partial charge is 0.314 e. The quantitative estimate of drug-likeness (QED) is 0.557. The molecule has 0 spiro atoms. The Bertz CT molecular complexity index is 310. The second-order valence-corrected chi connectivity index (χ2v) is 5.39. The molecular weight excluding hydrogens is 258 g/mol. The molecule has 20 heavy (non-hydrogen) atoms. The van der Waals surface area contributed by atoms with Gasteiger partial charge in [-0.25, -0.2) is 4.79 Å². The van der Waals surface area contributed by atoms with Crippen LogP contribution in [0.1, 0.15) is 39.0 Å². The number of aliphatic carboxylic acids is 1. The number of carboxylic acids is 1. The van der Waals surface area contributed by atoms with E-state index in [1.54, 1.807) is 0 Å². The van der Waals surface area contributed by atoms with Gasteiger partial charge in [0.05, 0.1) is 0 Å². The topological polar surface area (TPSA) is 81.7 Å². The molecular formula is C14H27N3O3. The lowest BCUT2D eigenvalue weighted by molar-refractivity contribution is -0.137. The van der Waals surface area contributed by atoms with Crippen molar-refractivity contribution in [1.29, 1.82) is 0 Å². The molecule has 2 amide bonds. The SMILES string of the molecule is CCN1CCC(CNC(=O)NCCCCCC(=O)O)C1. The first kappa shape index (κ1) is 16.8. The summed E-state index contributed by atoms with van der Waals surface area (Å²) in [6.07, 6.45) is 3.70. The van der Waals surface area contributed by atoms with Gasteiger partial charge in [-0.3, -0.25) is 4.79 Å². The van der Waals surface area contributed by atoms with Gasteiger partial charge < -0.3 is 20.6 Å². The molecule has 6 heteroatoms. The molecule has 1 aliphatic heterocycles. The van der Waals surface area contributed by atoms with Crippen molar-refractivity contribution in [3.05, 3.63) is 0 Å². The Balaban J connectivity index is 1.94. The first-order valence-electron chi connectivity index (χ1n) is 7.57. The largest absolute Gasteiger partial charge is 0.481 e. The highest BCUT2D eigenvalue weighted by atomic mass is 16.4. The fourth-order valence-electron chi connectivity index (χ4n) is 2.45. The zero-order chi connectivity index (χ0) is 14.8. The molecule has 0 aromatic rings. The highest BCUT2D eigenvalue weighted by Crippen LogP contribution is 2.14. The number of nitrogens with one attached hydrogen (secondary N) is 2. The summed E-state index contributed by atoms with van der Waals surface area (Å²) in [7, 11) is 0. The van der Waals surface area contributed by atoms with Crippen LogP contribution in [-0.4, -0.2) is 54.7 Å². The molecule has 0 bridgehead atoms. The van der Waals surface area contributed by atoms with Crippen LogP contribution < -0.4 is 10.6 Å². The molecule has 0 saturated carbocycles. The molecule has 1 unspecified atom stereocenters. The average molecular weight is 285 g/mol. The van der Waals surface area contributed by atoms with Gasteiger partial charge in [-0.2, -0.15) is 0 Å². The molecule has 1 aliphatic rings. The lowest BCUT2D eigenvalue weighted by atomic mass is 10.1. The van der Waals surface area contributed by atoms with Crippen molar-refractivity contribution >= 4 is 12.0 Å². The predicted molar refractivity (Wildman–Crippen MR) is 77.7 cm³/mol. The molecule has 3 N–H and O–H groups in total. The minimum Gasteiger partial charge on any atom is -0.481 e. The second-order valence-electron chi connectivity index (χ2n) is 5.39. The van der Waals surface area contributed by atoms with Gasteiger partial charge in [0.2, 0.25) is 0 Å². The van der Waals surface area contributed by atoms with Crippen LogP contribution in [0.3, 0.4) is 0 Å². The monoisotopic (exact) mass is 285 g/mol.